The molecule has 3 aromatic carbocycles. The van der Waals surface area contributed by atoms with Crippen LogP contribution in [0.2, 0.25) is 0 Å². The van der Waals surface area contributed by atoms with Crippen LogP contribution >= 0.6 is 46.2 Å². The van der Waals surface area contributed by atoms with Crippen LogP contribution in [0, 0.1) is 20.2 Å². The van der Waals surface area contributed by atoms with Gasteiger partial charge in [-0.15, -0.1) is 22.7 Å². The van der Waals surface area contributed by atoms with Gasteiger partial charge in [0.2, 0.25) is 0 Å². The van der Waals surface area contributed by atoms with Crippen LogP contribution in [0.5, 0.6) is 0 Å². The van der Waals surface area contributed by atoms with Crippen LogP contribution in [0.15, 0.2) is 79.1 Å². The fourth-order valence-corrected chi connectivity index (χ4v) is 7.34. The van der Waals surface area contributed by atoms with E-state index in [1.54, 1.807) is 0 Å². The highest BCUT2D eigenvalue weighted by molar-refractivity contribution is 8.02. The summed E-state index contributed by atoms with van der Waals surface area (Å²) in [5.41, 5.74) is 0.950. The normalized spacial score (nSPS) is 11.2. The van der Waals surface area contributed by atoms with E-state index in [9.17, 15) is 20.2 Å². The lowest BCUT2D eigenvalue weighted by Crippen LogP contribution is -1.97. The highest BCUT2D eigenvalue weighted by atomic mass is 32.2. The summed E-state index contributed by atoms with van der Waals surface area (Å²) in [6.07, 6.45) is 0. The first kappa shape index (κ1) is 20.8. The fraction of sp³-hybridized carbons (Fsp3) is 0. The summed E-state index contributed by atoms with van der Waals surface area (Å²) in [5.74, 6) is 0. The zero-order chi connectivity index (χ0) is 22.2. The van der Waals surface area contributed by atoms with E-state index in [-0.39, 0.29) is 11.4 Å². The number of hydrogen-bond acceptors (Lipinski definition) is 10. The third-order valence-corrected chi connectivity index (χ3v) is 8.66. The Morgan fingerprint density at radius 3 is 1.53 bits per heavy atom. The Bertz CT molecular complexity index is 1340. The molecule has 158 valence electrons. The molecule has 2 heterocycles. The van der Waals surface area contributed by atoms with E-state index >= 15 is 0 Å². The molecular weight excluding hydrogens is 489 g/mol. The second kappa shape index (κ2) is 8.47. The van der Waals surface area contributed by atoms with Crippen molar-refractivity contribution in [3.05, 3.63) is 80.9 Å². The maximum absolute atomic E-state index is 11.7. The summed E-state index contributed by atoms with van der Waals surface area (Å²) < 4.78 is 3.17. The van der Waals surface area contributed by atoms with E-state index in [4.69, 9.17) is 0 Å². The van der Waals surface area contributed by atoms with Crippen molar-refractivity contribution in [2.45, 2.75) is 18.5 Å². The number of aromatic nitrogens is 2. The lowest BCUT2D eigenvalue weighted by Gasteiger charge is -2.05. The van der Waals surface area contributed by atoms with Gasteiger partial charge in [0.15, 0.2) is 8.68 Å². The van der Waals surface area contributed by atoms with E-state index in [0.29, 0.717) is 18.5 Å². The Morgan fingerprint density at radius 1 is 0.688 bits per heavy atom. The highest BCUT2D eigenvalue weighted by Crippen LogP contribution is 2.46. The summed E-state index contributed by atoms with van der Waals surface area (Å²) >= 11 is 5.09. The molecule has 5 aromatic rings. The molecule has 0 aliphatic heterocycles. The largest absolute Gasteiger partial charge is 0.290 e. The van der Waals surface area contributed by atoms with Gasteiger partial charge >= 0.3 is 0 Å². The molecule has 0 radical (unpaired) electrons. The van der Waals surface area contributed by atoms with Gasteiger partial charge in [0.25, 0.3) is 11.4 Å². The molecular formula is C20H10N4O4S4. The van der Waals surface area contributed by atoms with E-state index < -0.39 is 9.85 Å². The Labute approximate surface area is 196 Å². The Balaban J connectivity index is 1.58. The van der Waals surface area contributed by atoms with E-state index in [2.05, 4.69) is 9.97 Å². The van der Waals surface area contributed by atoms with E-state index in [0.717, 1.165) is 50.0 Å². The first-order valence-electron chi connectivity index (χ1n) is 9.01. The topological polar surface area (TPSA) is 112 Å². The van der Waals surface area contributed by atoms with Gasteiger partial charge in [-0.1, -0.05) is 47.8 Å². The maximum atomic E-state index is 11.7. The number of fused-ring (bicyclic) bond motifs is 2. The summed E-state index contributed by atoms with van der Waals surface area (Å²) in [5, 5.41) is 23.4. The molecule has 0 fully saturated rings. The molecule has 0 atom stereocenters. The minimum absolute atomic E-state index is 0.295. The Kier molecular flexibility index (Phi) is 5.51. The SMILES string of the molecule is O=[N+]([O-])c1cc([N+](=O)[O-])c(Sc2nc3ccccc3s2)cc1Sc1nc2ccccc2s1. The second-order valence-corrected chi connectivity index (χ2v) is 11.0. The van der Waals surface area contributed by atoms with Crippen LogP contribution in [0.25, 0.3) is 20.4 Å². The summed E-state index contributed by atoms with van der Waals surface area (Å²) in [4.78, 5) is 31.8. The van der Waals surface area contributed by atoms with Crippen molar-refractivity contribution in [1.82, 2.24) is 9.97 Å². The van der Waals surface area contributed by atoms with Crippen LogP contribution in [0.1, 0.15) is 0 Å². The lowest BCUT2D eigenvalue weighted by molar-refractivity contribution is -0.397. The average molecular weight is 499 g/mol. The van der Waals surface area contributed by atoms with Crippen LogP contribution in [0.4, 0.5) is 11.4 Å². The standard InChI is InChI=1S/C20H10N4O4S4/c25-23(26)13-9-14(24(27)28)18(32-20-22-12-6-2-4-8-16(12)30-20)10-17(13)31-19-21-11-5-1-3-7-15(11)29-19/h1-10H. The molecule has 0 saturated carbocycles. The van der Waals surface area contributed by atoms with Gasteiger partial charge in [0, 0.05) is 0 Å². The first-order valence-corrected chi connectivity index (χ1v) is 12.3. The van der Waals surface area contributed by atoms with Crippen molar-refractivity contribution in [1.29, 1.82) is 0 Å². The third kappa shape index (κ3) is 4.05. The molecule has 12 heteroatoms. The van der Waals surface area contributed by atoms with Gasteiger partial charge in [-0.2, -0.15) is 0 Å². The van der Waals surface area contributed by atoms with Crippen LogP contribution in [-0.2, 0) is 0 Å². The summed E-state index contributed by atoms with van der Waals surface area (Å²) in [7, 11) is 0. The van der Waals surface area contributed by atoms with Gasteiger partial charge < -0.3 is 0 Å². The number of nitro groups is 2. The highest BCUT2D eigenvalue weighted by Gasteiger charge is 2.27. The smallest absolute Gasteiger partial charge is 0.258 e. The number of nitro benzene ring substituents is 2. The Morgan fingerprint density at radius 2 is 1.12 bits per heavy atom. The van der Waals surface area contributed by atoms with Crippen LogP contribution in [0.3, 0.4) is 0 Å². The molecule has 0 aliphatic carbocycles. The number of thiazole rings is 2. The predicted octanol–water partition coefficient (Wildman–Crippen LogP) is 7.02. The molecule has 0 spiro atoms. The zero-order valence-electron chi connectivity index (χ0n) is 15.8. The molecule has 8 nitrogen and oxygen atoms in total. The van der Waals surface area contributed by atoms with Crippen molar-refractivity contribution in [2.24, 2.45) is 0 Å². The minimum Gasteiger partial charge on any atom is -0.258 e. The first-order chi connectivity index (χ1) is 15.5. The molecule has 32 heavy (non-hydrogen) atoms. The number of hydrogen-bond donors (Lipinski definition) is 0. The molecule has 0 N–H and O–H groups in total. The van der Waals surface area contributed by atoms with Gasteiger partial charge in [0.1, 0.15) is 0 Å². The molecule has 2 aromatic heterocycles. The molecule has 0 unspecified atom stereocenters. The molecule has 0 bridgehead atoms. The number of para-hydroxylation sites is 2. The zero-order valence-corrected chi connectivity index (χ0v) is 19.1. The molecule has 0 aliphatic rings. The van der Waals surface area contributed by atoms with Crippen LogP contribution in [-0.4, -0.2) is 19.8 Å². The average Bonchev–Trinajstić information content (AvgIpc) is 3.36. The van der Waals surface area contributed by atoms with Gasteiger partial charge in [-0.25, -0.2) is 9.97 Å². The van der Waals surface area contributed by atoms with Gasteiger partial charge in [-0.3, -0.25) is 20.2 Å². The fourth-order valence-electron chi connectivity index (χ4n) is 2.97. The van der Waals surface area contributed by atoms with E-state index in [1.807, 2.05) is 48.5 Å². The molecule has 5 rings (SSSR count). The summed E-state index contributed by atoms with van der Waals surface area (Å²) in [6, 6.07) is 17.6. The summed E-state index contributed by atoms with van der Waals surface area (Å²) in [6.45, 7) is 0. The second-order valence-electron chi connectivity index (χ2n) is 6.40. The third-order valence-electron chi connectivity index (χ3n) is 4.38. The van der Waals surface area contributed by atoms with Gasteiger partial charge in [-0.05, 0) is 30.3 Å². The minimum atomic E-state index is -0.602. The van der Waals surface area contributed by atoms with Crippen molar-refractivity contribution in [3.63, 3.8) is 0 Å². The van der Waals surface area contributed by atoms with E-state index in [1.165, 1.54) is 28.7 Å². The van der Waals surface area contributed by atoms with Crippen molar-refractivity contribution < 1.29 is 9.85 Å². The number of rotatable bonds is 6. The number of benzene rings is 3. The molecule has 0 saturated heterocycles. The Hall–Kier alpha value is -3.06. The quantitative estimate of drug-likeness (QED) is 0.181. The number of nitrogens with zero attached hydrogens (tertiary/aromatic N) is 4. The van der Waals surface area contributed by atoms with Crippen molar-refractivity contribution >= 4 is 78.0 Å². The monoisotopic (exact) mass is 498 g/mol. The van der Waals surface area contributed by atoms with Crippen LogP contribution < -0.4 is 0 Å². The van der Waals surface area contributed by atoms with Gasteiger partial charge in [0.05, 0.1) is 46.1 Å². The lowest BCUT2D eigenvalue weighted by atomic mass is 10.3. The molecule has 0 amide bonds. The predicted molar refractivity (Wildman–Crippen MR) is 127 cm³/mol. The van der Waals surface area contributed by atoms with Crippen molar-refractivity contribution in [2.75, 3.05) is 0 Å². The maximum Gasteiger partial charge on any atom is 0.290 e. The van der Waals surface area contributed by atoms with Crippen molar-refractivity contribution in [3.8, 4) is 0 Å².